The summed E-state index contributed by atoms with van der Waals surface area (Å²) in [4.78, 5) is 22.3. The van der Waals surface area contributed by atoms with E-state index in [0.29, 0.717) is 5.75 Å². The zero-order valence-electron chi connectivity index (χ0n) is 9.69. The molecule has 0 aliphatic rings. The third-order valence-electron chi connectivity index (χ3n) is 2.56. The Labute approximate surface area is 99.0 Å². The second kappa shape index (κ2) is 4.37. The van der Waals surface area contributed by atoms with Gasteiger partial charge in [-0.15, -0.1) is 0 Å². The smallest absolute Gasteiger partial charge is 0.379 e. The van der Waals surface area contributed by atoms with Crippen LogP contribution in [0, 0.1) is 6.92 Å². The second-order valence-electron chi connectivity index (χ2n) is 3.88. The summed E-state index contributed by atoms with van der Waals surface area (Å²) in [5.74, 6) is -0.968. The van der Waals surface area contributed by atoms with Gasteiger partial charge in [0.15, 0.2) is 0 Å². The van der Waals surface area contributed by atoms with E-state index in [9.17, 15) is 9.59 Å². The molecule has 0 saturated heterocycles. The van der Waals surface area contributed by atoms with Crippen LogP contribution in [-0.2, 0) is 9.59 Å². The number of hydrogen-bond acceptors (Lipinski definition) is 3. The van der Waals surface area contributed by atoms with E-state index in [-0.39, 0.29) is 0 Å². The highest BCUT2D eigenvalue weighted by atomic mass is 16.5. The van der Waals surface area contributed by atoms with E-state index in [1.165, 1.54) is 6.92 Å². The molecule has 0 bridgehead atoms. The van der Waals surface area contributed by atoms with Crippen molar-refractivity contribution in [2.24, 2.45) is 0 Å². The number of rotatable bonds is 2. The maximum Gasteiger partial charge on any atom is 0.379 e. The van der Waals surface area contributed by atoms with E-state index >= 15 is 0 Å². The Morgan fingerprint density at radius 3 is 2.47 bits per heavy atom. The first kappa shape index (κ1) is 11.3. The molecule has 2 aromatic carbocycles. The van der Waals surface area contributed by atoms with Crippen molar-refractivity contribution in [2.45, 2.75) is 13.8 Å². The lowest BCUT2D eigenvalue weighted by molar-refractivity contribution is -0.146. The summed E-state index contributed by atoms with van der Waals surface area (Å²) in [6, 6.07) is 11.4. The number of carbonyl (C=O) groups excluding carboxylic acids is 2. The van der Waals surface area contributed by atoms with E-state index in [1.54, 1.807) is 0 Å². The molecule has 3 nitrogen and oxygen atoms in total. The van der Waals surface area contributed by atoms with Crippen molar-refractivity contribution >= 4 is 22.5 Å². The fourth-order valence-corrected chi connectivity index (χ4v) is 1.65. The van der Waals surface area contributed by atoms with Crippen LogP contribution in [0.25, 0.3) is 10.8 Å². The fraction of sp³-hybridized carbons (Fsp3) is 0.143. The Morgan fingerprint density at radius 2 is 1.76 bits per heavy atom. The molecule has 0 aliphatic carbocycles. The first-order chi connectivity index (χ1) is 8.09. The van der Waals surface area contributed by atoms with Crippen LogP contribution in [0.4, 0.5) is 0 Å². The van der Waals surface area contributed by atoms with Crippen molar-refractivity contribution in [3.05, 3.63) is 42.0 Å². The zero-order chi connectivity index (χ0) is 12.4. The number of benzene rings is 2. The molecule has 0 spiro atoms. The van der Waals surface area contributed by atoms with Crippen LogP contribution in [0.3, 0.4) is 0 Å². The van der Waals surface area contributed by atoms with Gasteiger partial charge in [0.25, 0.3) is 0 Å². The highest BCUT2D eigenvalue weighted by Gasteiger charge is 2.14. The predicted molar refractivity (Wildman–Crippen MR) is 65.0 cm³/mol. The SMILES string of the molecule is CC(=O)C(=O)Oc1c(C)ccc2ccccc12. The van der Waals surface area contributed by atoms with Crippen molar-refractivity contribution in [1.82, 2.24) is 0 Å². The summed E-state index contributed by atoms with van der Waals surface area (Å²) < 4.78 is 5.13. The molecule has 0 atom stereocenters. The largest absolute Gasteiger partial charge is 0.420 e. The molecule has 3 heteroatoms. The van der Waals surface area contributed by atoms with Crippen molar-refractivity contribution in [1.29, 1.82) is 0 Å². The van der Waals surface area contributed by atoms with Gasteiger partial charge in [-0.1, -0.05) is 36.4 Å². The minimum atomic E-state index is -0.829. The Morgan fingerprint density at radius 1 is 1.06 bits per heavy atom. The average molecular weight is 228 g/mol. The lowest BCUT2D eigenvalue weighted by Gasteiger charge is -2.09. The number of hydrogen-bond donors (Lipinski definition) is 0. The molecule has 17 heavy (non-hydrogen) atoms. The van der Waals surface area contributed by atoms with E-state index < -0.39 is 11.8 Å². The van der Waals surface area contributed by atoms with Crippen LogP contribution in [0.15, 0.2) is 36.4 Å². The van der Waals surface area contributed by atoms with Crippen molar-refractivity contribution in [3.8, 4) is 5.75 Å². The molecule has 0 N–H and O–H groups in total. The third-order valence-corrected chi connectivity index (χ3v) is 2.56. The van der Waals surface area contributed by atoms with Gasteiger partial charge < -0.3 is 4.74 Å². The summed E-state index contributed by atoms with van der Waals surface area (Å²) in [7, 11) is 0. The van der Waals surface area contributed by atoms with Gasteiger partial charge in [0.1, 0.15) is 5.75 Å². The molecule has 0 fully saturated rings. The van der Waals surface area contributed by atoms with Crippen LogP contribution >= 0.6 is 0 Å². The molecule has 2 aromatic rings. The van der Waals surface area contributed by atoms with E-state index in [4.69, 9.17) is 4.74 Å². The fourth-order valence-electron chi connectivity index (χ4n) is 1.65. The molecule has 2 rings (SSSR count). The minimum absolute atomic E-state index is 0.461. The number of carbonyl (C=O) groups is 2. The van der Waals surface area contributed by atoms with Crippen LogP contribution in [0.5, 0.6) is 5.75 Å². The maximum atomic E-state index is 11.3. The lowest BCUT2D eigenvalue weighted by Crippen LogP contribution is -2.17. The summed E-state index contributed by atoms with van der Waals surface area (Å²) in [5, 5.41) is 1.81. The monoisotopic (exact) mass is 228 g/mol. The molecule has 0 heterocycles. The Bertz CT molecular complexity index is 599. The normalized spacial score (nSPS) is 10.2. The van der Waals surface area contributed by atoms with E-state index in [1.807, 2.05) is 43.3 Å². The molecule has 0 radical (unpaired) electrons. The van der Waals surface area contributed by atoms with Gasteiger partial charge in [0, 0.05) is 12.3 Å². The highest BCUT2D eigenvalue weighted by molar-refractivity contribution is 6.33. The number of fused-ring (bicyclic) bond motifs is 1. The third kappa shape index (κ3) is 2.18. The average Bonchev–Trinajstić information content (AvgIpc) is 2.32. The summed E-state index contributed by atoms with van der Waals surface area (Å²) in [5.41, 5.74) is 0.832. The Kier molecular flexibility index (Phi) is 2.91. The predicted octanol–water partition coefficient (Wildman–Crippen LogP) is 2.64. The van der Waals surface area contributed by atoms with Crippen molar-refractivity contribution in [3.63, 3.8) is 0 Å². The molecule has 0 saturated carbocycles. The van der Waals surface area contributed by atoms with Crippen LogP contribution in [-0.4, -0.2) is 11.8 Å². The maximum absolute atomic E-state index is 11.3. The van der Waals surface area contributed by atoms with Gasteiger partial charge in [0.05, 0.1) is 0 Å². The van der Waals surface area contributed by atoms with E-state index in [0.717, 1.165) is 16.3 Å². The Hall–Kier alpha value is -2.16. The number of aryl methyl sites for hydroxylation is 1. The first-order valence-corrected chi connectivity index (χ1v) is 5.30. The molecular weight excluding hydrogens is 216 g/mol. The van der Waals surface area contributed by atoms with Gasteiger partial charge in [-0.25, -0.2) is 4.79 Å². The highest BCUT2D eigenvalue weighted by Crippen LogP contribution is 2.29. The van der Waals surface area contributed by atoms with Crippen LogP contribution in [0.1, 0.15) is 12.5 Å². The summed E-state index contributed by atoms with van der Waals surface area (Å²) in [6.45, 7) is 3.04. The van der Waals surface area contributed by atoms with Gasteiger partial charge in [-0.05, 0) is 17.9 Å². The van der Waals surface area contributed by atoms with E-state index in [2.05, 4.69) is 0 Å². The first-order valence-electron chi connectivity index (χ1n) is 5.30. The Balaban J connectivity index is 2.55. The van der Waals surface area contributed by atoms with Crippen LogP contribution < -0.4 is 4.74 Å². The molecule has 0 aromatic heterocycles. The summed E-state index contributed by atoms with van der Waals surface area (Å²) >= 11 is 0. The van der Waals surface area contributed by atoms with Gasteiger partial charge >= 0.3 is 5.97 Å². The molecular formula is C14H12O3. The number of esters is 1. The number of ether oxygens (including phenoxy) is 1. The lowest BCUT2D eigenvalue weighted by atomic mass is 10.1. The van der Waals surface area contributed by atoms with Gasteiger partial charge in [-0.2, -0.15) is 0 Å². The van der Waals surface area contributed by atoms with Crippen LogP contribution in [0.2, 0.25) is 0 Å². The van der Waals surface area contributed by atoms with Crippen molar-refractivity contribution < 1.29 is 14.3 Å². The molecule has 0 unspecified atom stereocenters. The zero-order valence-corrected chi connectivity index (χ0v) is 9.69. The van der Waals surface area contributed by atoms with Gasteiger partial charge in [0.2, 0.25) is 5.78 Å². The van der Waals surface area contributed by atoms with Gasteiger partial charge in [-0.3, -0.25) is 4.79 Å². The number of Topliss-reactive ketones (excluding diaryl/α,β-unsaturated/α-hetero) is 1. The topological polar surface area (TPSA) is 43.4 Å². The number of ketones is 1. The molecule has 0 aliphatic heterocycles. The van der Waals surface area contributed by atoms with Crippen molar-refractivity contribution in [2.75, 3.05) is 0 Å². The minimum Gasteiger partial charge on any atom is -0.420 e. The standard InChI is InChI=1S/C14H12O3/c1-9-7-8-11-5-3-4-6-12(11)13(9)17-14(16)10(2)15/h3-8H,1-2H3. The molecule has 86 valence electrons. The quantitative estimate of drug-likeness (QED) is 0.451. The second-order valence-corrected chi connectivity index (χ2v) is 3.88. The molecule has 0 amide bonds. The summed E-state index contributed by atoms with van der Waals surface area (Å²) in [6.07, 6.45) is 0.